The molecule has 2 fully saturated rings. The van der Waals surface area contributed by atoms with Gasteiger partial charge in [0.15, 0.2) is 11.6 Å². The maximum Gasteiger partial charge on any atom is 0.297 e. The second-order valence-corrected chi connectivity index (χ2v) is 9.17. The highest BCUT2D eigenvalue weighted by molar-refractivity contribution is 7.86. The van der Waals surface area contributed by atoms with Gasteiger partial charge in [-0.2, -0.15) is 8.42 Å². The number of aryl methyl sites for hydroxylation is 1. The number of rotatable bonds is 5. The van der Waals surface area contributed by atoms with E-state index in [9.17, 15) is 8.42 Å². The summed E-state index contributed by atoms with van der Waals surface area (Å²) in [5.41, 5.74) is 0.972. The van der Waals surface area contributed by atoms with E-state index in [-0.39, 0.29) is 17.6 Å². The van der Waals surface area contributed by atoms with Crippen molar-refractivity contribution in [1.29, 1.82) is 0 Å². The van der Waals surface area contributed by atoms with Crippen LogP contribution in [0.25, 0.3) is 0 Å². The maximum absolute atomic E-state index is 12.4. The van der Waals surface area contributed by atoms with Gasteiger partial charge in [-0.05, 0) is 46.8 Å². The summed E-state index contributed by atoms with van der Waals surface area (Å²) < 4.78 is 53.3. The van der Waals surface area contributed by atoms with E-state index in [0.717, 1.165) is 5.56 Å². The normalized spacial score (nSPS) is 30.6. The molecule has 0 aliphatic carbocycles. The molecule has 0 spiro atoms. The molecule has 26 heavy (non-hydrogen) atoms. The van der Waals surface area contributed by atoms with Crippen molar-refractivity contribution in [2.45, 2.75) is 69.4 Å². The van der Waals surface area contributed by atoms with Gasteiger partial charge in [0.1, 0.15) is 18.3 Å². The largest absolute Gasteiger partial charge is 0.348 e. The Morgan fingerprint density at radius 3 is 2.27 bits per heavy atom. The molecule has 2 heterocycles. The first kappa shape index (κ1) is 19.7. The summed E-state index contributed by atoms with van der Waals surface area (Å²) in [5, 5.41) is 0. The molecule has 3 atom stereocenters. The van der Waals surface area contributed by atoms with Gasteiger partial charge in [0, 0.05) is 0 Å². The molecular formula is C18H26O7S. The van der Waals surface area contributed by atoms with Gasteiger partial charge in [0.25, 0.3) is 10.1 Å². The fraction of sp³-hybridized carbons (Fsp3) is 0.667. The van der Waals surface area contributed by atoms with Gasteiger partial charge in [-0.3, -0.25) is 4.18 Å². The van der Waals surface area contributed by atoms with E-state index < -0.39 is 33.9 Å². The second-order valence-electron chi connectivity index (χ2n) is 7.56. The van der Waals surface area contributed by atoms with Crippen molar-refractivity contribution in [2.24, 2.45) is 0 Å². The summed E-state index contributed by atoms with van der Waals surface area (Å²) in [6.07, 6.45) is -1.44. The molecule has 146 valence electrons. The van der Waals surface area contributed by atoms with Gasteiger partial charge >= 0.3 is 0 Å². The predicted octanol–water partition coefficient (Wildman–Crippen LogP) is 2.37. The minimum Gasteiger partial charge on any atom is -0.348 e. The number of hydrogen-bond donors (Lipinski definition) is 0. The summed E-state index contributed by atoms with van der Waals surface area (Å²) in [4.78, 5) is 0.111. The fourth-order valence-electron chi connectivity index (χ4n) is 3.11. The van der Waals surface area contributed by atoms with Crippen molar-refractivity contribution in [1.82, 2.24) is 0 Å². The second kappa shape index (κ2) is 6.85. The van der Waals surface area contributed by atoms with Crippen LogP contribution in [0.5, 0.6) is 0 Å². The monoisotopic (exact) mass is 386 g/mol. The van der Waals surface area contributed by atoms with E-state index in [0.29, 0.717) is 6.61 Å². The minimum atomic E-state index is -3.88. The Labute approximate surface area is 154 Å². The zero-order valence-corrected chi connectivity index (χ0v) is 16.5. The van der Waals surface area contributed by atoms with Crippen molar-refractivity contribution in [3.63, 3.8) is 0 Å². The van der Waals surface area contributed by atoms with Gasteiger partial charge in [-0.15, -0.1) is 0 Å². The summed E-state index contributed by atoms with van der Waals surface area (Å²) in [6, 6.07) is 6.50. The summed E-state index contributed by atoms with van der Waals surface area (Å²) >= 11 is 0. The average molecular weight is 386 g/mol. The van der Waals surface area contributed by atoms with Crippen LogP contribution < -0.4 is 0 Å². The Morgan fingerprint density at radius 1 is 1.04 bits per heavy atom. The van der Waals surface area contributed by atoms with Crippen LogP contribution >= 0.6 is 0 Å². The summed E-state index contributed by atoms with van der Waals surface area (Å²) in [5.74, 6) is -1.57. The molecule has 1 aromatic carbocycles. The molecule has 8 heteroatoms. The highest BCUT2D eigenvalue weighted by atomic mass is 32.2. The van der Waals surface area contributed by atoms with Crippen molar-refractivity contribution in [2.75, 3.05) is 13.2 Å². The minimum absolute atomic E-state index is 0.111. The molecule has 2 aliphatic rings. The summed E-state index contributed by atoms with van der Waals surface area (Å²) in [7, 11) is -3.88. The lowest BCUT2D eigenvalue weighted by Gasteiger charge is -2.23. The SMILES string of the molecule is Cc1ccc(S(=O)(=O)OC[C@@H]2OC(C)(C)O[C@H]2[C@@H]2COC(C)(C)O2)cc1. The lowest BCUT2D eigenvalue weighted by atomic mass is 10.1. The van der Waals surface area contributed by atoms with E-state index in [2.05, 4.69) is 0 Å². The molecule has 0 bridgehead atoms. The van der Waals surface area contributed by atoms with Gasteiger partial charge in [-0.1, -0.05) is 17.7 Å². The Balaban J connectivity index is 1.69. The number of ether oxygens (including phenoxy) is 4. The Hall–Kier alpha value is -1.03. The zero-order valence-electron chi connectivity index (χ0n) is 15.7. The lowest BCUT2D eigenvalue weighted by molar-refractivity contribution is -0.174. The van der Waals surface area contributed by atoms with Crippen LogP contribution in [-0.4, -0.2) is 51.5 Å². The first-order chi connectivity index (χ1) is 12.0. The highest BCUT2D eigenvalue weighted by Crippen LogP contribution is 2.36. The molecule has 0 amide bonds. The Morgan fingerprint density at radius 2 is 1.69 bits per heavy atom. The Kier molecular flexibility index (Phi) is 5.20. The van der Waals surface area contributed by atoms with Crippen molar-refractivity contribution < 1.29 is 31.5 Å². The van der Waals surface area contributed by atoms with E-state index in [1.807, 2.05) is 20.8 Å². The lowest BCUT2D eigenvalue weighted by Crippen LogP contribution is -2.40. The third kappa shape index (κ3) is 4.44. The van der Waals surface area contributed by atoms with Gasteiger partial charge < -0.3 is 18.9 Å². The van der Waals surface area contributed by atoms with Crippen molar-refractivity contribution in [3.05, 3.63) is 29.8 Å². The van der Waals surface area contributed by atoms with Crippen LogP contribution in [0, 0.1) is 6.92 Å². The van der Waals surface area contributed by atoms with E-state index in [4.69, 9.17) is 23.1 Å². The van der Waals surface area contributed by atoms with Crippen LogP contribution in [0.4, 0.5) is 0 Å². The zero-order chi connectivity index (χ0) is 19.2. The molecule has 7 nitrogen and oxygen atoms in total. The topological polar surface area (TPSA) is 80.3 Å². The van der Waals surface area contributed by atoms with Gasteiger partial charge in [0.2, 0.25) is 0 Å². The smallest absolute Gasteiger partial charge is 0.297 e. The van der Waals surface area contributed by atoms with Gasteiger partial charge in [-0.25, -0.2) is 0 Å². The molecule has 2 saturated heterocycles. The van der Waals surface area contributed by atoms with E-state index in [1.165, 1.54) is 12.1 Å². The van der Waals surface area contributed by atoms with Crippen LogP contribution in [0.1, 0.15) is 33.3 Å². The molecular weight excluding hydrogens is 360 g/mol. The summed E-state index contributed by atoms with van der Waals surface area (Å²) in [6.45, 7) is 9.26. The van der Waals surface area contributed by atoms with Crippen LogP contribution in [0.15, 0.2) is 29.2 Å². The molecule has 3 rings (SSSR count). The van der Waals surface area contributed by atoms with Crippen LogP contribution in [0.3, 0.4) is 0 Å². The average Bonchev–Trinajstić information content (AvgIpc) is 3.04. The molecule has 0 unspecified atom stereocenters. The third-order valence-corrected chi connectivity index (χ3v) is 5.61. The quantitative estimate of drug-likeness (QED) is 0.719. The highest BCUT2D eigenvalue weighted by Gasteiger charge is 2.50. The Bertz CT molecular complexity index is 739. The van der Waals surface area contributed by atoms with Crippen LogP contribution in [0.2, 0.25) is 0 Å². The van der Waals surface area contributed by atoms with E-state index >= 15 is 0 Å². The third-order valence-electron chi connectivity index (χ3n) is 4.32. The fourth-order valence-corrected chi connectivity index (χ4v) is 4.03. The molecule has 0 aromatic heterocycles. The molecule has 0 N–H and O–H groups in total. The van der Waals surface area contributed by atoms with Crippen LogP contribution in [-0.2, 0) is 33.2 Å². The van der Waals surface area contributed by atoms with Crippen molar-refractivity contribution >= 4 is 10.1 Å². The molecule has 1 aromatic rings. The number of hydrogen-bond acceptors (Lipinski definition) is 7. The predicted molar refractivity (Wildman–Crippen MR) is 93.0 cm³/mol. The molecule has 0 saturated carbocycles. The van der Waals surface area contributed by atoms with E-state index in [1.54, 1.807) is 26.0 Å². The molecule has 2 aliphatic heterocycles. The number of benzene rings is 1. The first-order valence-corrected chi connectivity index (χ1v) is 10.0. The molecule has 0 radical (unpaired) electrons. The standard InChI is InChI=1S/C18H26O7S/c1-12-6-8-13(9-7-12)26(19,20)22-11-15-16(25-18(4,5)24-15)14-10-21-17(2,3)23-14/h6-9,14-16H,10-11H2,1-5H3/t14-,15-,16-/m0/s1. The van der Waals surface area contributed by atoms with Gasteiger partial charge in [0.05, 0.1) is 18.1 Å². The first-order valence-electron chi connectivity index (χ1n) is 8.61. The maximum atomic E-state index is 12.4. The van der Waals surface area contributed by atoms with Crippen molar-refractivity contribution in [3.8, 4) is 0 Å².